The summed E-state index contributed by atoms with van der Waals surface area (Å²) in [7, 11) is 3.31. The maximum Gasteiger partial charge on any atom is 0.122 e. The van der Waals surface area contributed by atoms with Gasteiger partial charge in [-0.3, -0.25) is 10.00 Å². The minimum Gasteiger partial charge on any atom is -0.497 e. The number of likely N-dealkylation sites (tertiary alicyclic amines) is 1. The Bertz CT molecular complexity index is 664. The van der Waals surface area contributed by atoms with Crippen LogP contribution in [0.4, 0.5) is 0 Å². The van der Waals surface area contributed by atoms with Crippen molar-refractivity contribution in [3.8, 4) is 11.5 Å². The number of aromatic amines is 1. The molecule has 0 saturated carbocycles. The lowest BCUT2D eigenvalue weighted by Crippen LogP contribution is -2.21. The van der Waals surface area contributed by atoms with Crippen LogP contribution in [-0.4, -0.2) is 53.6 Å². The lowest BCUT2D eigenvalue weighted by atomic mass is 10.0. The Morgan fingerprint density at radius 2 is 1.88 bits per heavy atom. The molecule has 6 heteroatoms. The van der Waals surface area contributed by atoms with Gasteiger partial charge in [0.15, 0.2) is 0 Å². The van der Waals surface area contributed by atoms with Crippen molar-refractivity contribution >= 4 is 0 Å². The molecule has 0 amide bonds. The number of aliphatic hydroxyl groups excluding tert-OH is 1. The number of hydrogen-bond donors (Lipinski definition) is 2. The second-order valence-corrected chi connectivity index (χ2v) is 6.49. The topological polar surface area (TPSA) is 70.6 Å². The van der Waals surface area contributed by atoms with Gasteiger partial charge in [0.2, 0.25) is 0 Å². The maximum atomic E-state index is 10.4. The highest BCUT2D eigenvalue weighted by atomic mass is 16.5. The van der Waals surface area contributed by atoms with Crippen LogP contribution in [0.3, 0.4) is 0 Å². The average molecular weight is 331 g/mol. The van der Waals surface area contributed by atoms with Crippen molar-refractivity contribution in [3.05, 3.63) is 41.2 Å². The molecule has 1 saturated heterocycles. The molecule has 24 heavy (non-hydrogen) atoms. The van der Waals surface area contributed by atoms with Crippen molar-refractivity contribution in [1.29, 1.82) is 0 Å². The van der Waals surface area contributed by atoms with E-state index in [1.165, 1.54) is 0 Å². The zero-order valence-corrected chi connectivity index (χ0v) is 14.5. The molecular formula is C18H25N3O3. The number of aliphatic hydroxyl groups is 1. The molecule has 2 atom stereocenters. The molecule has 0 bridgehead atoms. The Morgan fingerprint density at radius 3 is 2.46 bits per heavy atom. The van der Waals surface area contributed by atoms with E-state index in [2.05, 4.69) is 15.1 Å². The van der Waals surface area contributed by atoms with Crippen molar-refractivity contribution in [2.24, 2.45) is 5.92 Å². The van der Waals surface area contributed by atoms with Gasteiger partial charge in [0.25, 0.3) is 0 Å². The molecule has 2 heterocycles. The van der Waals surface area contributed by atoms with Gasteiger partial charge in [-0.05, 0) is 37.1 Å². The minimum absolute atomic E-state index is 0.209. The second-order valence-electron chi connectivity index (χ2n) is 6.49. The molecule has 0 aliphatic carbocycles. The molecule has 0 unspecified atom stereocenters. The van der Waals surface area contributed by atoms with Gasteiger partial charge in [-0.1, -0.05) is 0 Å². The summed E-state index contributed by atoms with van der Waals surface area (Å²) in [4.78, 5) is 2.27. The zero-order chi connectivity index (χ0) is 17.1. The summed E-state index contributed by atoms with van der Waals surface area (Å²) in [5.41, 5.74) is 3.19. The number of benzene rings is 1. The normalized spacial score (nSPS) is 21.2. The van der Waals surface area contributed by atoms with Gasteiger partial charge in [0.1, 0.15) is 11.5 Å². The number of β-amino-alcohol motifs (C(OH)–C–C–N with tert-alkyl or cyclic N) is 1. The number of aryl methyl sites for hydroxylation is 1. The SMILES string of the molecule is COc1cc(CN2C[C@@H](Cc3cc(C)[nH]n3)[C@H](O)C2)cc(OC)c1. The first-order valence-electron chi connectivity index (χ1n) is 8.20. The molecule has 6 nitrogen and oxygen atoms in total. The van der Waals surface area contributed by atoms with Crippen LogP contribution in [0, 0.1) is 12.8 Å². The Kier molecular flexibility index (Phi) is 5.06. The first-order valence-corrected chi connectivity index (χ1v) is 8.20. The van der Waals surface area contributed by atoms with Gasteiger partial charge < -0.3 is 14.6 Å². The molecule has 2 aromatic rings. The van der Waals surface area contributed by atoms with E-state index in [0.717, 1.165) is 48.0 Å². The van der Waals surface area contributed by atoms with Crippen LogP contribution in [-0.2, 0) is 13.0 Å². The number of methoxy groups -OCH3 is 2. The Labute approximate surface area is 142 Å². The summed E-state index contributed by atoms with van der Waals surface area (Å²) in [6.07, 6.45) is 0.471. The van der Waals surface area contributed by atoms with Crippen molar-refractivity contribution < 1.29 is 14.6 Å². The van der Waals surface area contributed by atoms with Crippen LogP contribution in [0.25, 0.3) is 0 Å². The highest BCUT2D eigenvalue weighted by Gasteiger charge is 2.31. The van der Waals surface area contributed by atoms with Crippen LogP contribution in [0.5, 0.6) is 11.5 Å². The molecule has 3 rings (SSSR count). The molecule has 0 radical (unpaired) electrons. The lowest BCUT2D eigenvalue weighted by Gasteiger charge is -2.16. The first-order chi connectivity index (χ1) is 11.6. The van der Waals surface area contributed by atoms with Crippen molar-refractivity contribution in [2.75, 3.05) is 27.3 Å². The van der Waals surface area contributed by atoms with E-state index in [9.17, 15) is 5.11 Å². The van der Waals surface area contributed by atoms with Gasteiger partial charge in [-0.2, -0.15) is 5.10 Å². The molecule has 1 aromatic carbocycles. The summed E-state index contributed by atoms with van der Waals surface area (Å²) in [6, 6.07) is 7.94. The standard InChI is InChI=1S/C18H25N3O3/c1-12-4-15(20-19-12)7-14-10-21(11-18(14)22)9-13-5-16(23-2)8-17(6-13)24-3/h4-6,8,14,18,22H,7,9-11H2,1-3H3,(H,19,20)/t14-,18-/m1/s1. The van der Waals surface area contributed by atoms with Crippen molar-refractivity contribution in [1.82, 2.24) is 15.1 Å². The van der Waals surface area contributed by atoms with Gasteiger partial charge >= 0.3 is 0 Å². The monoisotopic (exact) mass is 331 g/mol. The Morgan fingerprint density at radius 1 is 1.17 bits per heavy atom. The number of aromatic nitrogens is 2. The van der Waals surface area contributed by atoms with Gasteiger partial charge in [0.05, 0.1) is 26.0 Å². The number of nitrogens with zero attached hydrogens (tertiary/aromatic N) is 2. The third kappa shape index (κ3) is 3.88. The fraction of sp³-hybridized carbons (Fsp3) is 0.500. The molecule has 2 N–H and O–H groups in total. The number of rotatable bonds is 6. The van der Waals surface area contributed by atoms with Gasteiger partial charge in [-0.15, -0.1) is 0 Å². The predicted octanol–water partition coefficient (Wildman–Crippen LogP) is 1.77. The zero-order valence-electron chi connectivity index (χ0n) is 14.5. The van der Waals surface area contributed by atoms with Crippen LogP contribution in [0.15, 0.2) is 24.3 Å². The summed E-state index contributed by atoms with van der Waals surface area (Å²) in [5.74, 6) is 1.78. The fourth-order valence-electron chi connectivity index (χ4n) is 3.33. The average Bonchev–Trinajstić information content (AvgIpc) is 3.13. The summed E-state index contributed by atoms with van der Waals surface area (Å²) < 4.78 is 10.7. The third-order valence-electron chi connectivity index (χ3n) is 4.53. The van der Waals surface area contributed by atoms with Gasteiger partial charge in [0, 0.05) is 37.3 Å². The van der Waals surface area contributed by atoms with Gasteiger partial charge in [-0.25, -0.2) is 0 Å². The molecule has 130 valence electrons. The fourth-order valence-corrected chi connectivity index (χ4v) is 3.33. The number of nitrogens with one attached hydrogen (secondary N) is 1. The van der Waals surface area contributed by atoms with Crippen molar-refractivity contribution in [2.45, 2.75) is 26.0 Å². The van der Waals surface area contributed by atoms with E-state index in [4.69, 9.17) is 9.47 Å². The quantitative estimate of drug-likeness (QED) is 0.844. The largest absolute Gasteiger partial charge is 0.497 e. The van der Waals surface area contributed by atoms with Crippen LogP contribution in [0.2, 0.25) is 0 Å². The molecule has 1 aromatic heterocycles. The first kappa shape index (κ1) is 16.8. The second kappa shape index (κ2) is 7.23. The smallest absolute Gasteiger partial charge is 0.122 e. The molecule has 0 spiro atoms. The van der Waals surface area contributed by atoms with E-state index in [0.29, 0.717) is 6.54 Å². The number of hydrogen-bond acceptors (Lipinski definition) is 5. The summed E-state index contributed by atoms with van der Waals surface area (Å²) in [5, 5.41) is 17.6. The van der Waals surface area contributed by atoms with Crippen LogP contribution >= 0.6 is 0 Å². The highest BCUT2D eigenvalue weighted by Crippen LogP contribution is 2.26. The van der Waals surface area contributed by atoms with Crippen LogP contribution < -0.4 is 9.47 Å². The van der Waals surface area contributed by atoms with E-state index < -0.39 is 0 Å². The summed E-state index contributed by atoms with van der Waals surface area (Å²) in [6.45, 7) is 4.28. The third-order valence-corrected chi connectivity index (χ3v) is 4.53. The maximum absolute atomic E-state index is 10.4. The summed E-state index contributed by atoms with van der Waals surface area (Å²) >= 11 is 0. The van der Waals surface area contributed by atoms with E-state index in [1.54, 1.807) is 14.2 Å². The Hall–Kier alpha value is -2.05. The van der Waals surface area contributed by atoms with Crippen LogP contribution in [0.1, 0.15) is 17.0 Å². The highest BCUT2D eigenvalue weighted by molar-refractivity contribution is 5.38. The van der Waals surface area contributed by atoms with E-state index in [-0.39, 0.29) is 12.0 Å². The number of H-pyrrole nitrogens is 1. The van der Waals surface area contributed by atoms with Crippen molar-refractivity contribution in [3.63, 3.8) is 0 Å². The number of ether oxygens (including phenoxy) is 2. The molecule has 1 fully saturated rings. The molecular weight excluding hydrogens is 306 g/mol. The lowest BCUT2D eigenvalue weighted by molar-refractivity contribution is 0.140. The molecule has 1 aliphatic heterocycles. The minimum atomic E-state index is -0.325. The van der Waals surface area contributed by atoms with E-state index in [1.807, 2.05) is 31.2 Å². The predicted molar refractivity (Wildman–Crippen MR) is 91.3 cm³/mol. The molecule has 1 aliphatic rings. The Balaban J connectivity index is 1.64. The van der Waals surface area contributed by atoms with E-state index >= 15 is 0 Å².